The number of nitriles is 1. The zero-order chi connectivity index (χ0) is 20.6. The number of carbonyl (C=O) groups is 1. The van der Waals surface area contributed by atoms with Gasteiger partial charge in [-0.25, -0.2) is 9.48 Å². The van der Waals surface area contributed by atoms with Crippen molar-refractivity contribution in [3.63, 3.8) is 0 Å². The summed E-state index contributed by atoms with van der Waals surface area (Å²) in [5.74, 6) is 0. The summed E-state index contributed by atoms with van der Waals surface area (Å²) >= 11 is 0. The molecule has 29 heavy (non-hydrogen) atoms. The summed E-state index contributed by atoms with van der Waals surface area (Å²) in [6.45, 7) is 2.27. The minimum atomic E-state index is -0.512. The number of anilines is 1. The monoisotopic (exact) mass is 388 g/mol. The van der Waals surface area contributed by atoms with Crippen LogP contribution < -0.4 is 10.7 Å². The molecule has 0 aliphatic rings. The van der Waals surface area contributed by atoms with E-state index in [-0.39, 0.29) is 5.43 Å². The molecule has 2 aromatic carbocycles. The van der Waals surface area contributed by atoms with Gasteiger partial charge in [0.1, 0.15) is 5.69 Å². The Morgan fingerprint density at radius 1 is 1.21 bits per heavy atom. The van der Waals surface area contributed by atoms with Gasteiger partial charge in [-0.15, -0.1) is 0 Å². The summed E-state index contributed by atoms with van der Waals surface area (Å²) in [6, 6.07) is 17.7. The Bertz CT molecular complexity index is 1120. The largest absolute Gasteiger partial charge is 0.449 e. The summed E-state index contributed by atoms with van der Waals surface area (Å²) in [7, 11) is 0. The van der Waals surface area contributed by atoms with Crippen molar-refractivity contribution in [2.45, 2.75) is 19.8 Å². The molecule has 0 atom stereocenters. The van der Waals surface area contributed by atoms with E-state index in [0.29, 0.717) is 35.7 Å². The second-order valence-corrected chi connectivity index (χ2v) is 6.37. The number of amides is 1. The lowest BCUT2D eigenvalue weighted by Gasteiger charge is -2.09. The molecule has 3 aromatic rings. The number of carbonyl (C=O) groups excluding carboxylic acids is 1. The maximum atomic E-state index is 12.3. The molecule has 0 radical (unpaired) electrons. The normalized spacial score (nSPS) is 10.2. The van der Waals surface area contributed by atoms with Crippen LogP contribution in [0.1, 0.15) is 30.2 Å². The Hall–Kier alpha value is -3.92. The number of hydrogen-bond donors (Lipinski definition) is 1. The maximum absolute atomic E-state index is 12.3. The van der Waals surface area contributed by atoms with Gasteiger partial charge in [-0.05, 0) is 42.3 Å². The number of ether oxygens (including phenoxy) is 1. The second-order valence-electron chi connectivity index (χ2n) is 6.37. The molecule has 1 N–H and O–H groups in total. The number of nitrogens with one attached hydrogen (secondary N) is 1. The van der Waals surface area contributed by atoms with E-state index >= 15 is 0 Å². The molecule has 0 aliphatic heterocycles. The van der Waals surface area contributed by atoms with Crippen molar-refractivity contribution in [3.05, 3.63) is 87.8 Å². The van der Waals surface area contributed by atoms with Gasteiger partial charge >= 0.3 is 6.09 Å². The summed E-state index contributed by atoms with van der Waals surface area (Å²) in [4.78, 5) is 24.0. The van der Waals surface area contributed by atoms with E-state index in [0.717, 1.165) is 12.0 Å². The lowest BCUT2D eigenvalue weighted by Crippen LogP contribution is -2.17. The average molecular weight is 388 g/mol. The van der Waals surface area contributed by atoms with Crippen LogP contribution in [0.15, 0.2) is 65.6 Å². The third-order valence-corrected chi connectivity index (χ3v) is 4.10. The number of benzene rings is 2. The van der Waals surface area contributed by atoms with E-state index in [2.05, 4.69) is 16.5 Å². The SMILES string of the molecule is CCCOC(=O)Nc1cccc(Cc2nn(-c3cccc(C#N)c3)ccc2=O)c1. The Balaban J connectivity index is 1.81. The maximum Gasteiger partial charge on any atom is 0.411 e. The Kier molecular flexibility index (Phi) is 6.38. The molecule has 0 aliphatic carbocycles. The van der Waals surface area contributed by atoms with Crippen molar-refractivity contribution in [3.8, 4) is 11.8 Å². The highest BCUT2D eigenvalue weighted by Gasteiger charge is 2.08. The number of nitrogens with zero attached hydrogens (tertiary/aromatic N) is 3. The summed E-state index contributed by atoms with van der Waals surface area (Å²) in [6.07, 6.45) is 2.11. The predicted molar refractivity (Wildman–Crippen MR) is 109 cm³/mol. The van der Waals surface area contributed by atoms with E-state index in [9.17, 15) is 9.59 Å². The highest BCUT2D eigenvalue weighted by molar-refractivity contribution is 5.84. The quantitative estimate of drug-likeness (QED) is 0.695. The molecule has 3 rings (SSSR count). The van der Waals surface area contributed by atoms with Gasteiger partial charge in [-0.2, -0.15) is 10.4 Å². The predicted octanol–water partition coefficient (Wildman–Crippen LogP) is 3.65. The third-order valence-electron chi connectivity index (χ3n) is 4.10. The van der Waals surface area contributed by atoms with Gasteiger partial charge in [0, 0.05) is 24.4 Å². The first-order valence-corrected chi connectivity index (χ1v) is 9.21. The standard InChI is InChI=1S/C22H20N4O3/c1-2-11-29-22(28)24-18-7-3-5-16(12-18)14-20-21(27)9-10-26(25-20)19-8-4-6-17(13-19)15-23/h3-10,12-13H,2,11,14H2,1H3,(H,24,28). The number of rotatable bonds is 6. The lowest BCUT2D eigenvalue weighted by molar-refractivity contribution is 0.161. The van der Waals surface area contributed by atoms with Gasteiger partial charge in [0.25, 0.3) is 0 Å². The van der Waals surface area contributed by atoms with Crippen LogP contribution in [-0.2, 0) is 11.2 Å². The highest BCUT2D eigenvalue weighted by atomic mass is 16.5. The minimum absolute atomic E-state index is 0.182. The zero-order valence-corrected chi connectivity index (χ0v) is 16.0. The summed E-state index contributed by atoms with van der Waals surface area (Å²) in [5.41, 5.74) is 2.80. The Morgan fingerprint density at radius 3 is 2.83 bits per heavy atom. The minimum Gasteiger partial charge on any atom is -0.449 e. The van der Waals surface area contributed by atoms with Gasteiger partial charge in [0.05, 0.1) is 23.9 Å². The van der Waals surface area contributed by atoms with Crippen LogP contribution in [0.2, 0.25) is 0 Å². The van der Waals surface area contributed by atoms with Crippen LogP contribution >= 0.6 is 0 Å². The van der Waals surface area contributed by atoms with Gasteiger partial charge < -0.3 is 4.74 Å². The van der Waals surface area contributed by atoms with Gasteiger partial charge in [-0.3, -0.25) is 10.1 Å². The molecule has 7 nitrogen and oxygen atoms in total. The molecule has 0 unspecified atom stereocenters. The number of hydrogen-bond acceptors (Lipinski definition) is 5. The molecule has 7 heteroatoms. The molecule has 0 fully saturated rings. The van der Waals surface area contributed by atoms with Crippen molar-refractivity contribution >= 4 is 11.8 Å². The van der Waals surface area contributed by atoms with Crippen molar-refractivity contribution in [2.24, 2.45) is 0 Å². The van der Waals surface area contributed by atoms with E-state index in [1.165, 1.54) is 6.07 Å². The van der Waals surface area contributed by atoms with E-state index < -0.39 is 6.09 Å². The fourth-order valence-corrected chi connectivity index (χ4v) is 2.73. The van der Waals surface area contributed by atoms with E-state index in [1.54, 1.807) is 47.3 Å². The fourth-order valence-electron chi connectivity index (χ4n) is 2.73. The topological polar surface area (TPSA) is 97.0 Å². The molecule has 0 saturated carbocycles. The average Bonchev–Trinajstić information content (AvgIpc) is 2.74. The third kappa shape index (κ3) is 5.30. The van der Waals surface area contributed by atoms with E-state index in [1.807, 2.05) is 19.1 Å². The molecule has 146 valence electrons. The lowest BCUT2D eigenvalue weighted by atomic mass is 10.1. The first-order chi connectivity index (χ1) is 14.1. The smallest absolute Gasteiger partial charge is 0.411 e. The molecule has 0 saturated heterocycles. The van der Waals surface area contributed by atoms with Gasteiger partial charge in [-0.1, -0.05) is 25.1 Å². The molecular formula is C22H20N4O3. The van der Waals surface area contributed by atoms with Gasteiger partial charge in [0.2, 0.25) is 5.43 Å². The summed E-state index contributed by atoms with van der Waals surface area (Å²) in [5, 5.41) is 16.2. The van der Waals surface area contributed by atoms with Crippen molar-refractivity contribution < 1.29 is 9.53 Å². The van der Waals surface area contributed by atoms with Crippen LogP contribution in [0.25, 0.3) is 5.69 Å². The molecule has 1 amide bonds. The van der Waals surface area contributed by atoms with Crippen LogP contribution in [0, 0.1) is 11.3 Å². The fraction of sp³-hybridized carbons (Fsp3) is 0.182. The van der Waals surface area contributed by atoms with E-state index in [4.69, 9.17) is 10.00 Å². The Morgan fingerprint density at radius 2 is 2.03 bits per heavy atom. The molecular weight excluding hydrogens is 368 g/mol. The van der Waals surface area contributed by atoms with Crippen LogP contribution in [0.3, 0.4) is 0 Å². The van der Waals surface area contributed by atoms with Crippen LogP contribution in [0.4, 0.5) is 10.5 Å². The van der Waals surface area contributed by atoms with Crippen molar-refractivity contribution in [1.82, 2.24) is 9.78 Å². The van der Waals surface area contributed by atoms with Crippen LogP contribution in [0.5, 0.6) is 0 Å². The highest BCUT2D eigenvalue weighted by Crippen LogP contribution is 2.14. The number of aromatic nitrogens is 2. The second kappa shape index (κ2) is 9.33. The van der Waals surface area contributed by atoms with Crippen LogP contribution in [-0.4, -0.2) is 22.5 Å². The summed E-state index contributed by atoms with van der Waals surface area (Å²) < 4.78 is 6.59. The molecule has 0 bridgehead atoms. The molecule has 0 spiro atoms. The first-order valence-electron chi connectivity index (χ1n) is 9.21. The Labute approximate surface area is 168 Å². The molecule has 1 aromatic heterocycles. The van der Waals surface area contributed by atoms with Crippen molar-refractivity contribution in [1.29, 1.82) is 5.26 Å². The van der Waals surface area contributed by atoms with Gasteiger partial charge in [0.15, 0.2) is 0 Å². The van der Waals surface area contributed by atoms with Crippen molar-refractivity contribution in [2.75, 3.05) is 11.9 Å². The first kappa shape index (κ1) is 19.8. The molecule has 1 heterocycles. The zero-order valence-electron chi connectivity index (χ0n) is 16.0.